The van der Waals surface area contributed by atoms with Gasteiger partial charge in [-0.25, -0.2) is 12.7 Å². The second kappa shape index (κ2) is 9.78. The van der Waals surface area contributed by atoms with E-state index < -0.39 is 15.9 Å². The number of sulfonamides is 1. The molecule has 0 aliphatic rings. The van der Waals surface area contributed by atoms with Crippen LogP contribution < -0.4 is 5.32 Å². The molecule has 0 radical (unpaired) electrons. The summed E-state index contributed by atoms with van der Waals surface area (Å²) in [5.74, 6) is -0.527. The van der Waals surface area contributed by atoms with Crippen LogP contribution in [0, 0.1) is 0 Å². The third-order valence-electron chi connectivity index (χ3n) is 4.63. The number of amides is 1. The molecule has 3 rings (SSSR count). The van der Waals surface area contributed by atoms with Crippen molar-refractivity contribution >= 4 is 44.8 Å². The first-order valence-corrected chi connectivity index (χ1v) is 11.6. The van der Waals surface area contributed by atoms with Crippen LogP contribution in [-0.2, 0) is 22.9 Å². The fourth-order valence-corrected chi connectivity index (χ4v) is 4.66. The summed E-state index contributed by atoms with van der Waals surface area (Å²) in [5.41, 5.74) is 2.77. The maximum atomic E-state index is 12.8. The Balaban J connectivity index is 1.80. The number of nitrogens with one attached hydrogen (secondary N) is 1. The normalized spacial score (nSPS) is 11.5. The summed E-state index contributed by atoms with van der Waals surface area (Å²) in [6.45, 7) is 0. The van der Waals surface area contributed by atoms with Crippen LogP contribution >= 0.6 is 23.2 Å². The monoisotopic (exact) mass is 477 g/mol. The van der Waals surface area contributed by atoms with Crippen LogP contribution in [0.1, 0.15) is 21.5 Å². The van der Waals surface area contributed by atoms with Crippen molar-refractivity contribution in [2.45, 2.75) is 17.7 Å². The Morgan fingerprint density at radius 1 is 1.00 bits per heavy atom. The first-order chi connectivity index (χ1) is 14.7. The number of hydrogen-bond donors (Lipinski definition) is 1. The van der Waals surface area contributed by atoms with E-state index >= 15 is 0 Å². The average Bonchev–Trinajstić information content (AvgIpc) is 2.73. The highest BCUT2D eigenvalue weighted by molar-refractivity contribution is 7.89. The van der Waals surface area contributed by atoms with Crippen LogP contribution in [0.5, 0.6) is 0 Å². The lowest BCUT2D eigenvalue weighted by Gasteiger charge is -2.15. The zero-order valence-electron chi connectivity index (χ0n) is 17.0. The van der Waals surface area contributed by atoms with Crippen molar-refractivity contribution in [3.8, 4) is 0 Å². The molecule has 162 valence electrons. The van der Waals surface area contributed by atoms with Crippen LogP contribution in [0.15, 0.2) is 65.8 Å². The number of hydrogen-bond acceptors (Lipinski definition) is 4. The molecular weight excluding hydrogens is 457 g/mol. The molecule has 0 aliphatic carbocycles. The fraction of sp³-hybridized carbons (Fsp3) is 0.182. The van der Waals surface area contributed by atoms with E-state index in [4.69, 9.17) is 23.2 Å². The summed E-state index contributed by atoms with van der Waals surface area (Å²) >= 11 is 12.3. The van der Waals surface area contributed by atoms with Crippen molar-refractivity contribution in [1.82, 2.24) is 9.29 Å². The smallest absolute Gasteiger partial charge is 0.257 e. The summed E-state index contributed by atoms with van der Waals surface area (Å²) in [6, 6.07) is 13.8. The second-order valence-electron chi connectivity index (χ2n) is 7.07. The number of pyridine rings is 1. The molecule has 1 amide bonds. The number of anilines is 1. The van der Waals surface area contributed by atoms with Crippen LogP contribution in [0.2, 0.25) is 10.0 Å². The molecule has 1 aromatic heterocycles. The molecular formula is C22H21Cl2N3O3S. The molecule has 0 fully saturated rings. The van der Waals surface area contributed by atoms with Gasteiger partial charge in [0.2, 0.25) is 10.0 Å². The minimum atomic E-state index is -3.84. The highest BCUT2D eigenvalue weighted by atomic mass is 35.5. The summed E-state index contributed by atoms with van der Waals surface area (Å²) < 4.78 is 26.0. The second-order valence-corrected chi connectivity index (χ2v) is 10.0. The predicted molar refractivity (Wildman–Crippen MR) is 123 cm³/mol. The van der Waals surface area contributed by atoms with Gasteiger partial charge in [-0.2, -0.15) is 0 Å². The van der Waals surface area contributed by atoms with Gasteiger partial charge in [-0.15, -0.1) is 0 Å². The van der Waals surface area contributed by atoms with E-state index in [0.717, 1.165) is 28.3 Å². The summed E-state index contributed by atoms with van der Waals surface area (Å²) in [4.78, 5) is 16.8. The number of nitrogens with zero attached hydrogens (tertiary/aromatic N) is 2. The number of halogens is 2. The molecule has 2 aromatic carbocycles. The Bertz CT molecular complexity index is 1200. The van der Waals surface area contributed by atoms with Gasteiger partial charge in [0.15, 0.2) is 0 Å². The molecule has 0 saturated carbocycles. The first kappa shape index (κ1) is 23.2. The van der Waals surface area contributed by atoms with Crippen LogP contribution in [0.3, 0.4) is 0 Å². The van der Waals surface area contributed by atoms with E-state index in [-0.39, 0.29) is 20.5 Å². The van der Waals surface area contributed by atoms with Gasteiger partial charge in [0, 0.05) is 32.2 Å². The zero-order chi connectivity index (χ0) is 22.6. The number of aryl methyl sites for hydroxylation is 2. The van der Waals surface area contributed by atoms with Gasteiger partial charge in [-0.3, -0.25) is 9.78 Å². The maximum Gasteiger partial charge on any atom is 0.257 e. The van der Waals surface area contributed by atoms with Gasteiger partial charge in [-0.05, 0) is 54.3 Å². The van der Waals surface area contributed by atoms with Crippen molar-refractivity contribution in [3.63, 3.8) is 0 Å². The van der Waals surface area contributed by atoms with Gasteiger partial charge in [-0.1, -0.05) is 41.4 Å². The quantitative estimate of drug-likeness (QED) is 0.535. The molecule has 1 N–H and O–H groups in total. The van der Waals surface area contributed by atoms with Crippen LogP contribution in [0.25, 0.3) is 0 Å². The van der Waals surface area contributed by atoms with E-state index in [1.807, 2.05) is 36.5 Å². The molecule has 0 saturated heterocycles. The predicted octanol–water partition coefficient (Wildman–Crippen LogP) is 4.68. The number of aromatic nitrogens is 1. The Kier molecular flexibility index (Phi) is 7.33. The van der Waals surface area contributed by atoms with E-state index in [1.165, 1.54) is 26.2 Å². The van der Waals surface area contributed by atoms with Crippen LogP contribution in [0.4, 0.5) is 5.69 Å². The molecule has 1 heterocycles. The van der Waals surface area contributed by atoms with Gasteiger partial charge in [0.05, 0.1) is 15.6 Å². The first-order valence-electron chi connectivity index (χ1n) is 9.39. The van der Waals surface area contributed by atoms with Crippen LogP contribution in [-0.4, -0.2) is 37.7 Å². The summed E-state index contributed by atoms with van der Waals surface area (Å²) in [6.07, 6.45) is 5.16. The van der Waals surface area contributed by atoms with Gasteiger partial charge in [0.25, 0.3) is 5.91 Å². The molecule has 0 aliphatic heterocycles. The highest BCUT2D eigenvalue weighted by Crippen LogP contribution is 2.30. The third kappa shape index (κ3) is 5.62. The maximum absolute atomic E-state index is 12.8. The largest absolute Gasteiger partial charge is 0.322 e. The molecule has 31 heavy (non-hydrogen) atoms. The lowest BCUT2D eigenvalue weighted by molar-refractivity contribution is 0.102. The average molecular weight is 478 g/mol. The highest BCUT2D eigenvalue weighted by Gasteiger charge is 2.24. The third-order valence-corrected chi connectivity index (χ3v) is 7.23. The van der Waals surface area contributed by atoms with Crippen molar-refractivity contribution in [3.05, 3.63) is 87.7 Å². The molecule has 0 atom stereocenters. The van der Waals surface area contributed by atoms with E-state index in [1.54, 1.807) is 12.3 Å². The van der Waals surface area contributed by atoms with E-state index in [2.05, 4.69) is 10.3 Å². The zero-order valence-corrected chi connectivity index (χ0v) is 19.3. The molecule has 0 bridgehead atoms. The molecule has 3 aromatic rings. The van der Waals surface area contributed by atoms with Gasteiger partial charge in [0.1, 0.15) is 4.90 Å². The lowest BCUT2D eigenvalue weighted by atomic mass is 10.1. The summed E-state index contributed by atoms with van der Waals surface area (Å²) in [7, 11) is -1.06. The van der Waals surface area contributed by atoms with Crippen molar-refractivity contribution in [1.29, 1.82) is 0 Å². The number of rotatable bonds is 7. The minimum Gasteiger partial charge on any atom is -0.322 e. The van der Waals surface area contributed by atoms with Crippen molar-refractivity contribution < 1.29 is 13.2 Å². The Morgan fingerprint density at radius 2 is 1.71 bits per heavy atom. The topological polar surface area (TPSA) is 79.4 Å². The number of benzene rings is 2. The van der Waals surface area contributed by atoms with Gasteiger partial charge >= 0.3 is 0 Å². The minimum absolute atomic E-state index is 0.0206. The van der Waals surface area contributed by atoms with E-state index in [0.29, 0.717) is 5.69 Å². The standard InChI is InChI=1S/C22H21Cl2N3O3S/c1-27(2)31(29,30)21-12-18(19(23)13-20(21)24)22(28)26-17-7-3-5-15(11-17)8-9-16-6-4-10-25-14-16/h3-7,10-14H,8-9H2,1-2H3,(H,26,28). The SMILES string of the molecule is CN(C)S(=O)(=O)c1cc(C(=O)Nc2cccc(CCc3cccnc3)c2)c(Cl)cc1Cl. The Morgan fingerprint density at radius 3 is 2.39 bits per heavy atom. The lowest BCUT2D eigenvalue weighted by Crippen LogP contribution is -2.23. The van der Waals surface area contributed by atoms with Crippen molar-refractivity contribution in [2.75, 3.05) is 19.4 Å². The molecule has 6 nitrogen and oxygen atoms in total. The fourth-order valence-electron chi connectivity index (χ4n) is 2.94. The van der Waals surface area contributed by atoms with Crippen molar-refractivity contribution in [2.24, 2.45) is 0 Å². The van der Waals surface area contributed by atoms with E-state index in [9.17, 15) is 13.2 Å². The Hall–Kier alpha value is -2.45. The van der Waals surface area contributed by atoms with Gasteiger partial charge < -0.3 is 5.32 Å². The summed E-state index contributed by atoms with van der Waals surface area (Å²) in [5, 5.41) is 2.79. The Labute approximate surface area is 191 Å². The number of carbonyl (C=O) groups is 1. The number of carbonyl (C=O) groups excluding carboxylic acids is 1. The molecule has 9 heteroatoms. The molecule has 0 unspecified atom stereocenters. The molecule has 0 spiro atoms.